The summed E-state index contributed by atoms with van der Waals surface area (Å²) in [6.07, 6.45) is 7.57. The first-order valence-electron chi connectivity index (χ1n) is 8.31. The fraction of sp³-hybridized carbons (Fsp3) is 0.938. The standard InChI is InChI=1S/C16H30N2O2/c1-12(2)18-10-6-5-9-14(18)16(20)17-11-15(19)13-7-3-4-8-13/h12-15,19H,3-11H2,1-2H3,(H,17,20). The molecular formula is C16H30N2O2. The fourth-order valence-corrected chi connectivity index (χ4v) is 3.69. The third kappa shape index (κ3) is 3.95. The largest absolute Gasteiger partial charge is 0.391 e. The molecule has 0 aromatic carbocycles. The fourth-order valence-electron chi connectivity index (χ4n) is 3.69. The van der Waals surface area contributed by atoms with Gasteiger partial charge in [-0.15, -0.1) is 0 Å². The number of rotatable bonds is 5. The predicted molar refractivity (Wildman–Crippen MR) is 80.5 cm³/mol. The van der Waals surface area contributed by atoms with Crippen LogP contribution < -0.4 is 5.32 Å². The van der Waals surface area contributed by atoms with Gasteiger partial charge in [0.15, 0.2) is 0 Å². The van der Waals surface area contributed by atoms with Crippen LogP contribution in [-0.4, -0.2) is 47.2 Å². The number of hydrogen-bond acceptors (Lipinski definition) is 3. The van der Waals surface area contributed by atoms with E-state index in [1.165, 1.54) is 19.3 Å². The molecule has 4 heteroatoms. The molecule has 1 aliphatic heterocycles. The minimum Gasteiger partial charge on any atom is -0.391 e. The lowest BCUT2D eigenvalue weighted by molar-refractivity contribution is -0.129. The van der Waals surface area contributed by atoms with Crippen molar-refractivity contribution in [3.8, 4) is 0 Å². The van der Waals surface area contributed by atoms with Crippen LogP contribution in [0.25, 0.3) is 0 Å². The topological polar surface area (TPSA) is 52.6 Å². The molecule has 0 spiro atoms. The van der Waals surface area contributed by atoms with Gasteiger partial charge in [-0.2, -0.15) is 0 Å². The molecule has 0 aromatic rings. The van der Waals surface area contributed by atoms with Gasteiger partial charge >= 0.3 is 0 Å². The monoisotopic (exact) mass is 282 g/mol. The van der Waals surface area contributed by atoms with E-state index in [2.05, 4.69) is 24.1 Å². The Labute approximate surface area is 122 Å². The zero-order valence-corrected chi connectivity index (χ0v) is 13.0. The number of hydrogen-bond donors (Lipinski definition) is 2. The molecule has 2 rings (SSSR count). The quantitative estimate of drug-likeness (QED) is 0.810. The van der Waals surface area contributed by atoms with Crippen LogP contribution in [0.2, 0.25) is 0 Å². The zero-order valence-electron chi connectivity index (χ0n) is 13.0. The molecule has 1 amide bonds. The number of carbonyl (C=O) groups is 1. The van der Waals surface area contributed by atoms with Crippen molar-refractivity contribution in [2.24, 2.45) is 5.92 Å². The van der Waals surface area contributed by atoms with Crippen molar-refractivity contribution in [2.75, 3.05) is 13.1 Å². The molecule has 2 aliphatic rings. The molecule has 1 saturated heterocycles. The Morgan fingerprint density at radius 2 is 1.85 bits per heavy atom. The third-order valence-corrected chi connectivity index (χ3v) is 4.94. The smallest absolute Gasteiger partial charge is 0.237 e. The first kappa shape index (κ1) is 15.8. The van der Waals surface area contributed by atoms with Crippen LogP contribution in [0.15, 0.2) is 0 Å². The molecular weight excluding hydrogens is 252 g/mol. The average Bonchev–Trinajstić information content (AvgIpc) is 2.98. The van der Waals surface area contributed by atoms with Crippen LogP contribution >= 0.6 is 0 Å². The molecule has 1 heterocycles. The van der Waals surface area contributed by atoms with Crippen molar-refractivity contribution in [1.82, 2.24) is 10.2 Å². The Morgan fingerprint density at radius 3 is 2.50 bits per heavy atom. The lowest BCUT2D eigenvalue weighted by Crippen LogP contribution is -2.53. The summed E-state index contributed by atoms with van der Waals surface area (Å²) in [5.74, 6) is 0.498. The van der Waals surface area contributed by atoms with Gasteiger partial charge in [-0.05, 0) is 52.0 Å². The van der Waals surface area contributed by atoms with E-state index in [4.69, 9.17) is 0 Å². The molecule has 4 nitrogen and oxygen atoms in total. The van der Waals surface area contributed by atoms with Crippen LogP contribution in [0.4, 0.5) is 0 Å². The summed E-state index contributed by atoms with van der Waals surface area (Å²) < 4.78 is 0. The molecule has 0 aromatic heterocycles. The number of likely N-dealkylation sites (tertiary alicyclic amines) is 1. The van der Waals surface area contributed by atoms with Crippen LogP contribution in [0.3, 0.4) is 0 Å². The molecule has 2 N–H and O–H groups in total. The number of nitrogens with one attached hydrogen (secondary N) is 1. The number of nitrogens with zero attached hydrogens (tertiary/aromatic N) is 1. The summed E-state index contributed by atoms with van der Waals surface area (Å²) in [6, 6.07) is 0.408. The van der Waals surface area contributed by atoms with Crippen molar-refractivity contribution in [3.05, 3.63) is 0 Å². The first-order chi connectivity index (χ1) is 9.59. The molecule has 2 atom stereocenters. The van der Waals surface area contributed by atoms with E-state index in [1.54, 1.807) is 0 Å². The Balaban J connectivity index is 1.80. The van der Waals surface area contributed by atoms with E-state index in [-0.39, 0.29) is 18.1 Å². The van der Waals surface area contributed by atoms with Crippen LogP contribution in [0.5, 0.6) is 0 Å². The van der Waals surface area contributed by atoms with Gasteiger partial charge in [0.25, 0.3) is 0 Å². The van der Waals surface area contributed by atoms with Gasteiger partial charge in [0, 0.05) is 12.6 Å². The van der Waals surface area contributed by atoms with E-state index in [0.29, 0.717) is 18.5 Å². The summed E-state index contributed by atoms with van der Waals surface area (Å²) in [5.41, 5.74) is 0. The molecule has 116 valence electrons. The Bertz CT molecular complexity index is 314. The Kier molecular flexibility index (Phi) is 5.85. The normalized spacial score (nSPS) is 26.9. The highest BCUT2D eigenvalue weighted by Gasteiger charge is 2.31. The van der Waals surface area contributed by atoms with Gasteiger partial charge < -0.3 is 10.4 Å². The van der Waals surface area contributed by atoms with E-state index >= 15 is 0 Å². The van der Waals surface area contributed by atoms with E-state index in [9.17, 15) is 9.90 Å². The predicted octanol–water partition coefficient (Wildman–Crippen LogP) is 1.92. The zero-order chi connectivity index (χ0) is 14.5. The number of aliphatic hydroxyl groups is 1. The van der Waals surface area contributed by atoms with Gasteiger partial charge in [-0.3, -0.25) is 9.69 Å². The van der Waals surface area contributed by atoms with Crippen molar-refractivity contribution >= 4 is 5.91 Å². The third-order valence-electron chi connectivity index (χ3n) is 4.94. The molecule has 1 aliphatic carbocycles. The minimum atomic E-state index is -0.363. The molecule has 20 heavy (non-hydrogen) atoms. The number of aliphatic hydroxyl groups excluding tert-OH is 1. The van der Waals surface area contributed by atoms with Crippen molar-refractivity contribution in [1.29, 1.82) is 0 Å². The van der Waals surface area contributed by atoms with Gasteiger partial charge in [-0.1, -0.05) is 19.3 Å². The van der Waals surface area contributed by atoms with E-state index in [0.717, 1.165) is 32.2 Å². The van der Waals surface area contributed by atoms with Crippen LogP contribution in [0.1, 0.15) is 58.8 Å². The minimum absolute atomic E-state index is 0.000437. The van der Waals surface area contributed by atoms with Crippen molar-refractivity contribution < 1.29 is 9.90 Å². The van der Waals surface area contributed by atoms with Crippen molar-refractivity contribution in [2.45, 2.75) is 77.0 Å². The first-order valence-corrected chi connectivity index (χ1v) is 8.31. The van der Waals surface area contributed by atoms with Gasteiger partial charge in [0.1, 0.15) is 0 Å². The molecule has 2 unspecified atom stereocenters. The maximum atomic E-state index is 12.4. The summed E-state index contributed by atoms with van der Waals surface area (Å²) >= 11 is 0. The molecule has 0 radical (unpaired) electrons. The van der Waals surface area contributed by atoms with Crippen LogP contribution in [0, 0.1) is 5.92 Å². The summed E-state index contributed by atoms with van der Waals surface area (Å²) in [5, 5.41) is 13.1. The maximum Gasteiger partial charge on any atom is 0.237 e. The molecule has 2 fully saturated rings. The van der Waals surface area contributed by atoms with Gasteiger partial charge in [0.05, 0.1) is 12.1 Å². The van der Waals surface area contributed by atoms with E-state index in [1.807, 2.05) is 0 Å². The highest BCUT2D eigenvalue weighted by molar-refractivity contribution is 5.81. The number of amides is 1. The molecule has 0 bridgehead atoms. The second-order valence-corrected chi connectivity index (χ2v) is 6.70. The lowest BCUT2D eigenvalue weighted by Gasteiger charge is -2.37. The average molecular weight is 282 g/mol. The highest BCUT2D eigenvalue weighted by atomic mass is 16.3. The maximum absolute atomic E-state index is 12.4. The van der Waals surface area contributed by atoms with Gasteiger partial charge in [-0.25, -0.2) is 0 Å². The Morgan fingerprint density at radius 1 is 1.20 bits per heavy atom. The lowest BCUT2D eigenvalue weighted by atomic mass is 9.98. The Hall–Kier alpha value is -0.610. The summed E-state index contributed by atoms with van der Waals surface area (Å²) in [6.45, 7) is 5.74. The van der Waals surface area contributed by atoms with Crippen molar-refractivity contribution in [3.63, 3.8) is 0 Å². The summed E-state index contributed by atoms with van der Waals surface area (Å²) in [7, 11) is 0. The second-order valence-electron chi connectivity index (χ2n) is 6.70. The summed E-state index contributed by atoms with van der Waals surface area (Å²) in [4.78, 5) is 14.7. The van der Waals surface area contributed by atoms with Crippen LogP contribution in [-0.2, 0) is 4.79 Å². The SMILES string of the molecule is CC(C)N1CCCCC1C(=O)NCC(O)C1CCCC1. The van der Waals surface area contributed by atoms with E-state index < -0.39 is 0 Å². The second kappa shape index (κ2) is 7.41. The van der Waals surface area contributed by atoms with Gasteiger partial charge in [0.2, 0.25) is 5.91 Å². The number of carbonyl (C=O) groups excluding carboxylic acids is 1. The highest BCUT2D eigenvalue weighted by Crippen LogP contribution is 2.27. The number of piperidine rings is 1. The molecule has 1 saturated carbocycles.